The van der Waals surface area contributed by atoms with Crippen LogP contribution in [0.25, 0.3) is 39.0 Å². The van der Waals surface area contributed by atoms with Crippen LogP contribution in [-0.4, -0.2) is 256 Å². The maximum absolute atomic E-state index is 14.6. The summed E-state index contributed by atoms with van der Waals surface area (Å²) in [4.78, 5) is 65.7. The third kappa shape index (κ3) is 24.6. The topological polar surface area (TPSA) is 364 Å². The Balaban J connectivity index is 0.000000205. The Bertz CT molecular complexity index is 4690. The molecule has 123 heavy (non-hydrogen) atoms. The lowest BCUT2D eigenvalue weighted by atomic mass is 9.74. The number of anilines is 3. The van der Waals surface area contributed by atoms with Crippen molar-refractivity contribution in [1.29, 1.82) is 0 Å². The number of carbonyl (C=O) groups excluding carboxylic acids is 2. The van der Waals surface area contributed by atoms with Gasteiger partial charge < -0.3 is 109 Å². The first kappa shape index (κ1) is 99.6. The molecule has 5 fully saturated rings. The summed E-state index contributed by atoms with van der Waals surface area (Å²) in [5.41, 5.74) is 2.51. The Morgan fingerprint density at radius 1 is 0.780 bits per heavy atom. The number of aromatic nitrogens is 3. The number of hydrogen-bond acceptors (Lipinski definition) is 25. The fourth-order valence-electron chi connectivity index (χ4n) is 17.0. The zero-order valence-electron chi connectivity index (χ0n) is 74.5. The summed E-state index contributed by atoms with van der Waals surface area (Å²) >= 11 is 12.2. The van der Waals surface area contributed by atoms with Gasteiger partial charge >= 0.3 is 11.9 Å². The number of halogens is 3. The van der Waals surface area contributed by atoms with Crippen molar-refractivity contribution in [1.82, 2.24) is 35.0 Å². The van der Waals surface area contributed by atoms with Crippen LogP contribution in [0.2, 0.25) is 10.0 Å². The number of Topliss-reactive ketones (excluding diaryl/α,β-unsaturated/α-hetero) is 1. The number of fused-ring (bicyclic) bond motifs is 3. The van der Waals surface area contributed by atoms with E-state index in [2.05, 4.69) is 57.9 Å². The number of likely N-dealkylation sites (N-methyl/N-ethyl adjacent to an activating group) is 1. The molecule has 6 heterocycles. The van der Waals surface area contributed by atoms with Crippen molar-refractivity contribution in [3.8, 4) is 17.1 Å². The predicted octanol–water partition coefficient (Wildman–Crippen LogP) is 11.2. The van der Waals surface area contributed by atoms with E-state index in [9.17, 15) is 49.1 Å². The molecule has 5 aliphatic heterocycles. The highest BCUT2D eigenvalue weighted by atomic mass is 35.5. The van der Waals surface area contributed by atoms with Crippen molar-refractivity contribution in [2.75, 3.05) is 91.0 Å². The maximum Gasteiger partial charge on any atom is 0.341 e. The molecule has 0 spiro atoms. The molecular formula is C92H133Cl2FN10O18. The quantitative estimate of drug-likeness (QED) is 0.0152. The molecule has 2 unspecified atom stereocenters. The summed E-state index contributed by atoms with van der Waals surface area (Å²) < 4.78 is 62.5. The lowest BCUT2D eigenvalue weighted by Gasteiger charge is -2.50. The molecule has 0 amide bonds. The van der Waals surface area contributed by atoms with Crippen LogP contribution < -0.4 is 37.0 Å². The molecule has 11 N–H and O–H groups in total. The van der Waals surface area contributed by atoms with Crippen LogP contribution in [0.3, 0.4) is 0 Å². The first-order chi connectivity index (χ1) is 58.3. The summed E-state index contributed by atoms with van der Waals surface area (Å²) in [6.45, 7) is 30.3. The van der Waals surface area contributed by atoms with E-state index in [0.29, 0.717) is 40.8 Å². The van der Waals surface area contributed by atoms with Crippen molar-refractivity contribution < 1.29 is 87.7 Å². The van der Waals surface area contributed by atoms with Crippen LogP contribution in [-0.2, 0) is 42.7 Å². The maximum atomic E-state index is 14.6. The van der Waals surface area contributed by atoms with Gasteiger partial charge in [-0.25, -0.2) is 14.2 Å². The molecule has 31 heteroatoms. The van der Waals surface area contributed by atoms with Crippen molar-refractivity contribution in [2.24, 2.45) is 28.7 Å². The SMILES string of the molecule is CC(C)N=c1cc2n(-c3ccc(Cl)cc3)c3ccccc3nc-2cc1Nc1ccc(Cl)cc1.CCC(CO)NCCNC(CC)CO.CC[C@H]1OC(=O)[C@H](C)[C@@H](O[C@H]2C[C@@](C)(OC)[C@@H](O)[C@H](C)O2)[C@H](C)[C@@H](O[C@@H]2O[C@H](C)C[C@H](N(C)C)[C@H]2O)[C@](C)(OC)C[C@@H](C)C(=O)[C@H](C)[C@@H](O)[C@]1(C)O.O=C(O)c1cn(C2CC2)c2cc(N3CCNCC3)c(F)cc2c1=O. The number of para-hydroxylation sites is 2. The van der Waals surface area contributed by atoms with Crippen molar-refractivity contribution >= 4 is 79.9 Å². The minimum absolute atomic E-state index is 0.111. The van der Waals surface area contributed by atoms with Gasteiger partial charge in [-0.05, 0) is 199 Å². The second-order valence-corrected chi connectivity index (χ2v) is 35.5. The highest BCUT2D eigenvalue weighted by Crippen LogP contribution is 2.44. The molecule has 4 saturated heterocycles. The van der Waals surface area contributed by atoms with Crippen LogP contribution in [0.1, 0.15) is 165 Å². The van der Waals surface area contributed by atoms with E-state index in [1.807, 2.05) is 123 Å². The smallest absolute Gasteiger partial charge is 0.341 e. The minimum atomic E-state index is -1.96. The van der Waals surface area contributed by atoms with Crippen molar-refractivity contribution in [3.63, 3.8) is 0 Å². The van der Waals surface area contributed by atoms with Gasteiger partial charge in [0.2, 0.25) is 5.43 Å². The van der Waals surface area contributed by atoms with Gasteiger partial charge in [-0.2, -0.15) is 0 Å². The number of methoxy groups -OCH3 is 2. The lowest BCUT2D eigenvalue weighted by Crippen LogP contribution is -2.61. The number of esters is 1. The molecule has 4 aromatic carbocycles. The fraction of sp³-hybridized carbons (Fsp3) is 0.609. The second kappa shape index (κ2) is 44.5. The lowest BCUT2D eigenvalue weighted by molar-refractivity contribution is -0.319. The average molecular weight is 1760 g/mol. The number of nitrogens with one attached hydrogen (secondary N) is 4. The van der Waals surface area contributed by atoms with E-state index >= 15 is 0 Å². The Morgan fingerprint density at radius 3 is 1.95 bits per heavy atom. The number of piperazine rings is 1. The molecule has 1 saturated carbocycles. The summed E-state index contributed by atoms with van der Waals surface area (Å²) in [5.74, 6) is -6.22. The van der Waals surface area contributed by atoms with Gasteiger partial charge in [-0.3, -0.25) is 19.4 Å². The number of rotatable bonds is 24. The highest BCUT2D eigenvalue weighted by Gasteiger charge is 2.54. The Labute approximate surface area is 732 Å². The van der Waals surface area contributed by atoms with Crippen LogP contribution in [0, 0.1) is 29.5 Å². The molecule has 680 valence electrons. The third-order valence-electron chi connectivity index (χ3n) is 24.7. The van der Waals surface area contributed by atoms with E-state index in [1.165, 1.54) is 33.4 Å². The second-order valence-electron chi connectivity index (χ2n) is 34.6. The van der Waals surface area contributed by atoms with Crippen LogP contribution in [0.4, 0.5) is 21.5 Å². The molecule has 28 nitrogen and oxygen atoms in total. The minimum Gasteiger partial charge on any atom is -0.477 e. The predicted molar refractivity (Wildman–Crippen MR) is 476 cm³/mol. The number of aromatic carboxylic acids is 1. The van der Waals surface area contributed by atoms with Crippen molar-refractivity contribution in [3.05, 3.63) is 140 Å². The van der Waals surface area contributed by atoms with E-state index < -0.39 is 119 Å². The number of cyclic esters (lactones) is 1. The van der Waals surface area contributed by atoms with Gasteiger partial charge in [0.1, 0.15) is 41.1 Å². The molecule has 0 radical (unpaired) electrons. The van der Waals surface area contributed by atoms with Crippen molar-refractivity contribution in [2.45, 2.75) is 257 Å². The largest absolute Gasteiger partial charge is 0.477 e. The van der Waals surface area contributed by atoms with Gasteiger partial charge in [0.15, 0.2) is 12.6 Å². The molecule has 12 rings (SSSR count). The molecule has 7 aliphatic rings. The molecule has 2 aliphatic carbocycles. The van der Waals surface area contributed by atoms with E-state index in [0.717, 1.165) is 96.7 Å². The zero-order valence-corrected chi connectivity index (χ0v) is 76.0. The number of aliphatic hydroxyl groups excluding tert-OH is 5. The normalized spacial score (nSPS) is 29.3. The monoisotopic (exact) mass is 1750 g/mol. The summed E-state index contributed by atoms with van der Waals surface area (Å²) in [7, 11) is 6.77. The number of ketones is 1. The molecule has 20 atom stereocenters. The van der Waals surface area contributed by atoms with Gasteiger partial charge in [-0.15, -0.1) is 0 Å². The standard InChI is InChI=1S/C38H69NO13.C27H22Cl2N4.C17H18FN3O3.C10H24N2O2/c1-15-26-38(10,45)31(42)21(4)28(40)19(2)17-37(9,47-14)33(52-35-29(41)25(39(11)12)16-20(3)48-35)22(5)30(23(6)34(44)50-26)51-27-18-36(8,46-13)32(43)24(7)49-27;1-17(2)30-24-16-27-25(15-23(24)31-20-11-7-18(28)8-12-20)32-22-5-3-4-6-26(22)33(27)21-13-9-19(29)10-14-21;18-13-7-11-14(8-15(13)20-5-3-19-4-6-20)21(10-1-2-10)9-12(16(11)22)17(23)24;1-3-9(7-13)11-5-6-12-10(4-2)8-14/h19-27,29-33,35,41-43,45H,15-18H2,1-14H3;3-17,31H,1-2H3;7-10,19H,1-6H2,(H,23,24);9-14H,3-8H2,1-2H3/t19-,20-,21+,22+,23-,24+,25+,26-,27+,29-,30+,31-,32+,33-,35+,36-,37-,38-;;;/m1.../s1. The Kier molecular flexibility index (Phi) is 36.0. The van der Waals surface area contributed by atoms with Gasteiger partial charge in [0, 0.05) is 141 Å². The summed E-state index contributed by atoms with van der Waals surface area (Å²) in [6, 6.07) is 31.1. The first-order valence-electron chi connectivity index (χ1n) is 43.2. The number of ether oxygens (including phenoxy) is 7. The van der Waals surface area contributed by atoms with Gasteiger partial charge in [0.05, 0.1) is 106 Å². The Hall–Kier alpha value is -7.21. The number of benzene rings is 5. The molecule has 0 bridgehead atoms. The fourth-order valence-corrected chi connectivity index (χ4v) is 17.3. The first-order valence-corrected chi connectivity index (χ1v) is 44.0. The number of nitrogens with zero attached hydrogens (tertiary/aromatic N) is 6. The van der Waals surface area contributed by atoms with E-state index in [4.69, 9.17) is 76.5 Å². The number of carbonyl (C=O) groups is 3. The molecule has 1 aromatic heterocycles. The van der Waals surface area contributed by atoms with E-state index in [-0.39, 0.29) is 85.5 Å². The number of carboxylic acid groups (broad SMARTS) is 1. The van der Waals surface area contributed by atoms with Crippen LogP contribution >= 0.6 is 23.2 Å². The van der Waals surface area contributed by atoms with Crippen LogP contribution in [0.5, 0.6) is 0 Å². The summed E-state index contributed by atoms with van der Waals surface area (Å²) in [5, 5.41) is 88.2. The number of carboxylic acids is 1. The number of hydrogen-bond donors (Lipinski definition) is 11. The van der Waals surface area contributed by atoms with E-state index in [1.54, 1.807) is 54.5 Å². The highest BCUT2D eigenvalue weighted by molar-refractivity contribution is 6.31. The van der Waals surface area contributed by atoms with Gasteiger partial charge in [-0.1, -0.05) is 76.9 Å². The average Bonchev–Trinajstić information content (AvgIpc) is 1.64. The van der Waals surface area contributed by atoms with Crippen LogP contribution in [0.15, 0.2) is 113 Å². The molecule has 5 aromatic rings. The Morgan fingerprint density at radius 2 is 1.39 bits per heavy atom. The van der Waals surface area contributed by atoms with Gasteiger partial charge in [0.25, 0.3) is 0 Å². The molecular weight excluding hydrogens is 1620 g/mol. The number of pyridine rings is 1. The zero-order chi connectivity index (χ0) is 90.3. The summed E-state index contributed by atoms with van der Waals surface area (Å²) in [6.07, 6.45) is -3.56. The number of aliphatic hydroxyl groups is 6. The third-order valence-corrected chi connectivity index (χ3v) is 25.2.